The van der Waals surface area contributed by atoms with Crippen LogP contribution >= 0.6 is 0 Å². The molecular weight excluding hydrogens is 212 g/mol. The molecule has 1 aliphatic rings. The van der Waals surface area contributed by atoms with Gasteiger partial charge in [-0.15, -0.1) is 0 Å². The first kappa shape index (κ1) is 10.8. The average Bonchev–Trinajstić information content (AvgIpc) is 2.59. The average molecular weight is 224 g/mol. The van der Waals surface area contributed by atoms with E-state index < -0.39 is 17.1 Å². The van der Waals surface area contributed by atoms with Crippen molar-refractivity contribution in [3.05, 3.63) is 34.4 Å². The molecule has 2 unspecified atom stereocenters. The maximum absolute atomic E-state index is 10.4. The zero-order valence-corrected chi connectivity index (χ0v) is 8.48. The molecule has 0 spiro atoms. The van der Waals surface area contributed by atoms with Gasteiger partial charge in [0.2, 0.25) is 0 Å². The first-order valence-corrected chi connectivity index (χ1v) is 4.93. The highest BCUT2D eigenvalue weighted by atomic mass is 16.6. The smallest absolute Gasteiger partial charge is 0.269 e. The number of hydrogen-bond donors (Lipinski definition) is 2. The number of aliphatic hydroxyl groups excluding tert-OH is 2. The number of nitro groups is 1. The summed E-state index contributed by atoms with van der Waals surface area (Å²) >= 11 is 0. The second kappa shape index (κ2) is 4.07. The molecule has 2 atom stereocenters. The van der Waals surface area contributed by atoms with E-state index in [2.05, 4.69) is 0 Å². The number of nitrogens with zero attached hydrogens (tertiary/aromatic N) is 2. The van der Waals surface area contributed by atoms with E-state index in [-0.39, 0.29) is 5.69 Å². The van der Waals surface area contributed by atoms with Crippen LogP contribution < -0.4 is 4.90 Å². The largest absolute Gasteiger partial charge is 0.389 e. The van der Waals surface area contributed by atoms with Crippen LogP contribution in [0.5, 0.6) is 0 Å². The molecule has 0 bridgehead atoms. The molecule has 6 nitrogen and oxygen atoms in total. The monoisotopic (exact) mass is 224 g/mol. The Bertz CT molecular complexity index is 382. The quantitative estimate of drug-likeness (QED) is 0.551. The fourth-order valence-corrected chi connectivity index (χ4v) is 1.77. The molecule has 1 fully saturated rings. The van der Waals surface area contributed by atoms with Crippen molar-refractivity contribution in [3.63, 3.8) is 0 Å². The van der Waals surface area contributed by atoms with E-state index in [9.17, 15) is 20.3 Å². The van der Waals surface area contributed by atoms with Crippen molar-refractivity contribution in [2.45, 2.75) is 12.2 Å². The minimum Gasteiger partial charge on any atom is -0.389 e. The fraction of sp³-hybridized carbons (Fsp3) is 0.400. The summed E-state index contributed by atoms with van der Waals surface area (Å²) in [5.41, 5.74) is 0.797. The molecule has 1 saturated heterocycles. The molecule has 1 aromatic carbocycles. The number of non-ortho nitro benzene ring substituents is 1. The second-order valence-corrected chi connectivity index (χ2v) is 3.81. The van der Waals surface area contributed by atoms with Crippen LogP contribution in [-0.4, -0.2) is 40.4 Å². The molecular formula is C10H12N2O4. The molecule has 0 radical (unpaired) electrons. The van der Waals surface area contributed by atoms with Crippen molar-refractivity contribution in [3.8, 4) is 0 Å². The van der Waals surface area contributed by atoms with E-state index in [1.165, 1.54) is 12.1 Å². The van der Waals surface area contributed by atoms with Crippen LogP contribution in [0, 0.1) is 10.1 Å². The first-order valence-electron chi connectivity index (χ1n) is 4.93. The van der Waals surface area contributed by atoms with Gasteiger partial charge >= 0.3 is 0 Å². The van der Waals surface area contributed by atoms with Crippen LogP contribution in [0.4, 0.5) is 11.4 Å². The first-order chi connectivity index (χ1) is 7.58. The van der Waals surface area contributed by atoms with Gasteiger partial charge in [-0.25, -0.2) is 0 Å². The van der Waals surface area contributed by atoms with Crippen molar-refractivity contribution < 1.29 is 15.1 Å². The standard InChI is InChI=1S/C10H12N2O4/c13-9-5-11(6-10(9)14)7-1-3-8(4-2-7)12(15)16/h1-4,9-10,13-14H,5-6H2. The normalized spacial score (nSPS) is 24.8. The van der Waals surface area contributed by atoms with E-state index in [0.717, 1.165) is 5.69 Å². The Morgan fingerprint density at radius 1 is 1.19 bits per heavy atom. The maximum atomic E-state index is 10.4. The lowest BCUT2D eigenvalue weighted by molar-refractivity contribution is -0.384. The van der Waals surface area contributed by atoms with Gasteiger partial charge in [-0.1, -0.05) is 0 Å². The van der Waals surface area contributed by atoms with Crippen molar-refractivity contribution in [2.75, 3.05) is 18.0 Å². The van der Waals surface area contributed by atoms with Crippen LogP contribution in [0.25, 0.3) is 0 Å². The third-order valence-corrected chi connectivity index (χ3v) is 2.68. The van der Waals surface area contributed by atoms with Crippen LogP contribution in [0.3, 0.4) is 0 Å². The van der Waals surface area contributed by atoms with E-state index in [0.29, 0.717) is 13.1 Å². The zero-order chi connectivity index (χ0) is 11.7. The molecule has 1 aliphatic heterocycles. The van der Waals surface area contributed by atoms with Crippen LogP contribution in [0.2, 0.25) is 0 Å². The topological polar surface area (TPSA) is 86.8 Å². The summed E-state index contributed by atoms with van der Waals surface area (Å²) in [4.78, 5) is 11.8. The Balaban J connectivity index is 2.14. The molecule has 6 heteroatoms. The van der Waals surface area contributed by atoms with Gasteiger partial charge in [-0.3, -0.25) is 10.1 Å². The third-order valence-electron chi connectivity index (χ3n) is 2.68. The second-order valence-electron chi connectivity index (χ2n) is 3.81. The Hall–Kier alpha value is -1.66. The van der Waals surface area contributed by atoms with E-state index in [1.807, 2.05) is 0 Å². The SMILES string of the molecule is O=[N+]([O-])c1ccc(N2CC(O)C(O)C2)cc1. The lowest BCUT2D eigenvalue weighted by Crippen LogP contribution is -2.22. The number of β-amino-alcohol motifs (C(OH)–C–C–N with tert-alkyl or cyclic N) is 2. The Labute approximate surface area is 91.9 Å². The molecule has 2 N–H and O–H groups in total. The molecule has 16 heavy (non-hydrogen) atoms. The van der Waals surface area contributed by atoms with Crippen molar-refractivity contribution in [1.29, 1.82) is 0 Å². The number of hydrogen-bond acceptors (Lipinski definition) is 5. The Morgan fingerprint density at radius 2 is 1.69 bits per heavy atom. The number of aliphatic hydroxyl groups is 2. The zero-order valence-electron chi connectivity index (χ0n) is 8.48. The molecule has 1 aromatic rings. The number of nitro benzene ring substituents is 1. The predicted octanol–water partition coefficient (Wildman–Crippen LogP) is 0.137. The van der Waals surface area contributed by atoms with Gasteiger partial charge in [0.1, 0.15) is 0 Å². The van der Waals surface area contributed by atoms with Crippen molar-refractivity contribution in [1.82, 2.24) is 0 Å². The lowest BCUT2D eigenvalue weighted by Gasteiger charge is -2.16. The molecule has 0 aliphatic carbocycles. The Kier molecular flexibility index (Phi) is 2.76. The number of anilines is 1. The minimum atomic E-state index is -0.754. The predicted molar refractivity (Wildman–Crippen MR) is 57.3 cm³/mol. The highest BCUT2D eigenvalue weighted by molar-refractivity contribution is 5.52. The summed E-state index contributed by atoms with van der Waals surface area (Å²) in [6.07, 6.45) is -1.51. The highest BCUT2D eigenvalue weighted by Gasteiger charge is 2.29. The summed E-state index contributed by atoms with van der Waals surface area (Å²) in [6, 6.07) is 6.05. The fourth-order valence-electron chi connectivity index (χ4n) is 1.77. The maximum Gasteiger partial charge on any atom is 0.269 e. The van der Waals surface area contributed by atoms with Gasteiger partial charge in [0.15, 0.2) is 0 Å². The van der Waals surface area contributed by atoms with Gasteiger partial charge in [0.05, 0.1) is 17.1 Å². The van der Waals surface area contributed by atoms with Crippen LogP contribution in [0.15, 0.2) is 24.3 Å². The number of rotatable bonds is 2. The number of benzene rings is 1. The van der Waals surface area contributed by atoms with Crippen LogP contribution in [0.1, 0.15) is 0 Å². The minimum absolute atomic E-state index is 0.0315. The van der Waals surface area contributed by atoms with Gasteiger partial charge in [0, 0.05) is 30.9 Å². The third kappa shape index (κ3) is 1.98. The van der Waals surface area contributed by atoms with Crippen LogP contribution in [-0.2, 0) is 0 Å². The molecule has 0 saturated carbocycles. The highest BCUT2D eigenvalue weighted by Crippen LogP contribution is 2.23. The summed E-state index contributed by atoms with van der Waals surface area (Å²) in [6.45, 7) is 0.692. The summed E-state index contributed by atoms with van der Waals surface area (Å²) in [5.74, 6) is 0. The van der Waals surface area contributed by atoms with Gasteiger partial charge in [-0.2, -0.15) is 0 Å². The molecule has 2 rings (SSSR count). The van der Waals surface area contributed by atoms with E-state index in [4.69, 9.17) is 0 Å². The van der Waals surface area contributed by atoms with Gasteiger partial charge in [0.25, 0.3) is 5.69 Å². The van der Waals surface area contributed by atoms with Gasteiger partial charge in [-0.05, 0) is 12.1 Å². The molecule has 86 valence electrons. The molecule has 1 heterocycles. The summed E-state index contributed by atoms with van der Waals surface area (Å²) in [5, 5.41) is 29.2. The summed E-state index contributed by atoms with van der Waals surface area (Å²) in [7, 11) is 0. The van der Waals surface area contributed by atoms with E-state index in [1.54, 1.807) is 17.0 Å². The Morgan fingerprint density at radius 3 is 2.12 bits per heavy atom. The lowest BCUT2D eigenvalue weighted by atomic mass is 10.2. The summed E-state index contributed by atoms with van der Waals surface area (Å²) < 4.78 is 0. The van der Waals surface area contributed by atoms with Crippen molar-refractivity contribution in [2.24, 2.45) is 0 Å². The van der Waals surface area contributed by atoms with E-state index >= 15 is 0 Å². The van der Waals surface area contributed by atoms with Gasteiger partial charge < -0.3 is 15.1 Å². The molecule has 0 amide bonds. The molecule has 0 aromatic heterocycles. The van der Waals surface area contributed by atoms with Crippen molar-refractivity contribution >= 4 is 11.4 Å².